The first-order chi connectivity index (χ1) is 8.97. The molecule has 0 saturated carbocycles. The second-order valence-electron chi connectivity index (χ2n) is 4.30. The van der Waals surface area contributed by atoms with E-state index in [1.165, 1.54) is 11.3 Å². The number of rotatable bonds is 3. The van der Waals surface area contributed by atoms with Crippen LogP contribution in [0, 0.1) is 0 Å². The molecule has 0 aliphatic heterocycles. The highest BCUT2D eigenvalue weighted by Gasteiger charge is 2.13. The van der Waals surface area contributed by atoms with Gasteiger partial charge in [0.1, 0.15) is 0 Å². The normalized spacial score (nSPS) is 10.8. The molecule has 6 heteroatoms. The Hall–Kier alpha value is -1.10. The van der Waals surface area contributed by atoms with Gasteiger partial charge in [-0.05, 0) is 24.1 Å². The lowest BCUT2D eigenvalue weighted by Gasteiger charge is -2.04. The maximum absolute atomic E-state index is 12.1. The molecule has 1 aromatic carbocycles. The van der Waals surface area contributed by atoms with Crippen molar-refractivity contribution in [3.8, 4) is 0 Å². The molecule has 1 N–H and O–H groups in total. The van der Waals surface area contributed by atoms with Crippen LogP contribution in [0.15, 0.2) is 24.4 Å². The van der Waals surface area contributed by atoms with Crippen molar-refractivity contribution >= 4 is 45.6 Å². The van der Waals surface area contributed by atoms with E-state index in [-0.39, 0.29) is 5.91 Å². The number of hydrogen-bond acceptors (Lipinski definition) is 3. The van der Waals surface area contributed by atoms with Gasteiger partial charge in [0.15, 0.2) is 5.13 Å². The molecule has 2 aromatic rings. The zero-order valence-corrected chi connectivity index (χ0v) is 12.7. The van der Waals surface area contributed by atoms with E-state index >= 15 is 0 Å². The second kappa shape index (κ2) is 5.90. The molecule has 0 spiro atoms. The third-order valence-electron chi connectivity index (χ3n) is 2.49. The van der Waals surface area contributed by atoms with Gasteiger partial charge in [-0.3, -0.25) is 10.1 Å². The minimum Gasteiger partial charge on any atom is -0.298 e. The molecule has 0 radical (unpaired) electrons. The van der Waals surface area contributed by atoms with Crippen molar-refractivity contribution in [2.45, 2.75) is 19.8 Å². The molecule has 1 amide bonds. The highest BCUT2D eigenvalue weighted by atomic mass is 35.5. The number of thiazole rings is 1. The van der Waals surface area contributed by atoms with Gasteiger partial charge in [-0.15, -0.1) is 11.3 Å². The molecule has 1 heterocycles. The van der Waals surface area contributed by atoms with Crippen molar-refractivity contribution in [2.75, 3.05) is 5.32 Å². The smallest absolute Gasteiger partial charge is 0.258 e. The summed E-state index contributed by atoms with van der Waals surface area (Å²) in [5, 5.41) is 4.13. The lowest BCUT2D eigenvalue weighted by atomic mass is 10.2. The van der Waals surface area contributed by atoms with Crippen LogP contribution in [0.3, 0.4) is 0 Å². The van der Waals surface area contributed by atoms with Gasteiger partial charge in [0.25, 0.3) is 5.91 Å². The van der Waals surface area contributed by atoms with Crippen LogP contribution in [0.25, 0.3) is 0 Å². The molecule has 1 aromatic heterocycles. The van der Waals surface area contributed by atoms with Gasteiger partial charge in [-0.2, -0.15) is 0 Å². The second-order valence-corrected chi connectivity index (χ2v) is 6.21. The summed E-state index contributed by atoms with van der Waals surface area (Å²) in [6.45, 7) is 4.16. The number of anilines is 1. The van der Waals surface area contributed by atoms with Crippen LogP contribution in [-0.4, -0.2) is 10.9 Å². The minimum absolute atomic E-state index is 0.286. The number of halogens is 2. The third kappa shape index (κ3) is 3.47. The van der Waals surface area contributed by atoms with E-state index in [1.54, 1.807) is 24.4 Å². The highest BCUT2D eigenvalue weighted by Crippen LogP contribution is 2.27. The Balaban J connectivity index is 2.16. The van der Waals surface area contributed by atoms with Crippen molar-refractivity contribution < 1.29 is 4.79 Å². The van der Waals surface area contributed by atoms with Crippen LogP contribution in [0.5, 0.6) is 0 Å². The number of carbonyl (C=O) groups is 1. The van der Waals surface area contributed by atoms with Crippen LogP contribution in [0.1, 0.15) is 35.0 Å². The Morgan fingerprint density at radius 2 is 2.11 bits per heavy atom. The minimum atomic E-state index is -0.286. The Morgan fingerprint density at radius 3 is 2.68 bits per heavy atom. The van der Waals surface area contributed by atoms with Crippen LogP contribution in [0.4, 0.5) is 5.13 Å². The summed E-state index contributed by atoms with van der Waals surface area (Å²) >= 11 is 13.2. The van der Waals surface area contributed by atoms with Gasteiger partial charge in [-0.25, -0.2) is 4.98 Å². The predicted octanol–water partition coefficient (Wildman–Crippen LogP) is 4.83. The molecule has 0 fully saturated rings. The SMILES string of the molecule is CC(C)c1cnc(NC(=O)c2ccc(Cl)cc2Cl)s1. The first-order valence-corrected chi connectivity index (χ1v) is 7.26. The van der Waals surface area contributed by atoms with Crippen molar-refractivity contribution in [1.82, 2.24) is 4.98 Å². The first kappa shape index (κ1) is 14.3. The zero-order valence-electron chi connectivity index (χ0n) is 10.4. The molecule has 0 aliphatic rings. The predicted molar refractivity (Wildman–Crippen MR) is 80.6 cm³/mol. The van der Waals surface area contributed by atoms with Crippen LogP contribution < -0.4 is 5.32 Å². The summed E-state index contributed by atoms with van der Waals surface area (Å²) in [5.41, 5.74) is 0.382. The number of benzene rings is 1. The van der Waals surface area contributed by atoms with Gasteiger partial charge in [0, 0.05) is 16.1 Å². The molecular weight excluding hydrogens is 303 g/mol. The number of amides is 1. The number of nitrogens with one attached hydrogen (secondary N) is 1. The van der Waals surface area contributed by atoms with Crippen molar-refractivity contribution in [1.29, 1.82) is 0 Å². The molecule has 0 aliphatic carbocycles. The lowest BCUT2D eigenvalue weighted by molar-refractivity contribution is 0.102. The monoisotopic (exact) mass is 314 g/mol. The van der Waals surface area contributed by atoms with E-state index in [2.05, 4.69) is 24.1 Å². The fraction of sp³-hybridized carbons (Fsp3) is 0.231. The van der Waals surface area contributed by atoms with Gasteiger partial charge < -0.3 is 0 Å². The quantitative estimate of drug-likeness (QED) is 0.882. The molecule has 100 valence electrons. The molecule has 0 saturated heterocycles. The van der Waals surface area contributed by atoms with Crippen molar-refractivity contribution in [3.63, 3.8) is 0 Å². The van der Waals surface area contributed by atoms with Crippen LogP contribution in [-0.2, 0) is 0 Å². The van der Waals surface area contributed by atoms with Gasteiger partial charge >= 0.3 is 0 Å². The maximum atomic E-state index is 12.1. The standard InChI is InChI=1S/C13H12Cl2N2OS/c1-7(2)11-6-16-13(19-11)17-12(18)9-4-3-8(14)5-10(9)15/h3-7H,1-2H3,(H,16,17,18). The first-order valence-electron chi connectivity index (χ1n) is 5.69. The molecule has 19 heavy (non-hydrogen) atoms. The molecule has 2 rings (SSSR count). The zero-order chi connectivity index (χ0) is 14.0. The Bertz CT molecular complexity index is 610. The third-order valence-corrected chi connectivity index (χ3v) is 4.25. The average molecular weight is 315 g/mol. The van der Waals surface area contributed by atoms with Crippen molar-refractivity contribution in [2.24, 2.45) is 0 Å². The topological polar surface area (TPSA) is 42.0 Å². The van der Waals surface area contributed by atoms with Crippen molar-refractivity contribution in [3.05, 3.63) is 44.9 Å². The van der Waals surface area contributed by atoms with E-state index in [4.69, 9.17) is 23.2 Å². The van der Waals surface area contributed by atoms with Gasteiger partial charge in [0.2, 0.25) is 0 Å². The molecule has 0 bridgehead atoms. The van der Waals surface area contributed by atoms with Crippen LogP contribution >= 0.6 is 34.5 Å². The fourth-order valence-corrected chi connectivity index (χ4v) is 2.76. The van der Waals surface area contributed by atoms with Crippen LogP contribution in [0.2, 0.25) is 10.0 Å². The maximum Gasteiger partial charge on any atom is 0.258 e. The largest absolute Gasteiger partial charge is 0.298 e. The molecule has 0 atom stereocenters. The molecule has 0 unspecified atom stereocenters. The summed E-state index contributed by atoms with van der Waals surface area (Å²) in [7, 11) is 0. The summed E-state index contributed by atoms with van der Waals surface area (Å²) in [4.78, 5) is 17.3. The van der Waals surface area contributed by atoms with E-state index < -0.39 is 0 Å². The van der Waals surface area contributed by atoms with Gasteiger partial charge in [-0.1, -0.05) is 37.0 Å². The average Bonchev–Trinajstić information content (AvgIpc) is 2.77. The summed E-state index contributed by atoms with van der Waals surface area (Å²) in [6.07, 6.45) is 1.77. The number of aromatic nitrogens is 1. The molecular formula is C13H12Cl2N2OS. The van der Waals surface area contributed by atoms with E-state index in [0.29, 0.717) is 26.7 Å². The lowest BCUT2D eigenvalue weighted by Crippen LogP contribution is -2.12. The Morgan fingerprint density at radius 1 is 1.37 bits per heavy atom. The molecule has 3 nitrogen and oxygen atoms in total. The highest BCUT2D eigenvalue weighted by molar-refractivity contribution is 7.15. The fourth-order valence-electron chi connectivity index (χ4n) is 1.45. The number of carbonyl (C=O) groups excluding carboxylic acids is 1. The van der Waals surface area contributed by atoms with E-state index in [9.17, 15) is 4.79 Å². The Kier molecular flexibility index (Phi) is 4.45. The Labute approximate surface area is 125 Å². The van der Waals surface area contributed by atoms with E-state index in [0.717, 1.165) is 4.88 Å². The number of hydrogen-bond donors (Lipinski definition) is 1. The number of nitrogens with zero attached hydrogens (tertiary/aromatic N) is 1. The van der Waals surface area contributed by atoms with E-state index in [1.807, 2.05) is 0 Å². The summed E-state index contributed by atoms with van der Waals surface area (Å²) < 4.78 is 0. The van der Waals surface area contributed by atoms with Gasteiger partial charge in [0.05, 0.1) is 10.6 Å². The summed E-state index contributed by atoms with van der Waals surface area (Å²) in [5.74, 6) is 0.105. The summed E-state index contributed by atoms with van der Waals surface area (Å²) in [6, 6.07) is 4.76.